The molecule has 0 aliphatic rings. The van der Waals surface area contributed by atoms with E-state index in [4.69, 9.17) is 0 Å². The number of fused-ring (bicyclic) bond motifs is 1. The first-order valence-corrected chi connectivity index (χ1v) is 9.57. The van der Waals surface area contributed by atoms with Gasteiger partial charge in [0.15, 0.2) is 0 Å². The summed E-state index contributed by atoms with van der Waals surface area (Å²) >= 11 is 0. The van der Waals surface area contributed by atoms with Gasteiger partial charge < -0.3 is 5.11 Å². The van der Waals surface area contributed by atoms with E-state index in [0.717, 1.165) is 18.2 Å². The summed E-state index contributed by atoms with van der Waals surface area (Å²) in [5, 5.41) is 19.8. The van der Waals surface area contributed by atoms with Gasteiger partial charge in [0.2, 0.25) is 0 Å². The minimum Gasteiger partial charge on any atom is -0.381 e. The van der Waals surface area contributed by atoms with Crippen LogP contribution in [0.2, 0.25) is 0 Å². The number of hydrogen-bond acceptors (Lipinski definition) is 4. The molecule has 0 bridgehead atoms. The largest absolute Gasteiger partial charge is 0.417 e. The van der Waals surface area contributed by atoms with Crippen LogP contribution in [0.1, 0.15) is 29.8 Å². The van der Waals surface area contributed by atoms with Crippen LogP contribution in [-0.2, 0) is 18.3 Å². The minimum absolute atomic E-state index is 0.0995. The maximum atomic E-state index is 14.8. The summed E-state index contributed by atoms with van der Waals surface area (Å²) < 4.78 is 71.4. The van der Waals surface area contributed by atoms with Gasteiger partial charge >= 0.3 is 6.18 Å². The molecule has 0 radical (unpaired) electrons. The first-order valence-electron chi connectivity index (χ1n) is 9.57. The summed E-state index contributed by atoms with van der Waals surface area (Å²) in [7, 11) is 0. The van der Waals surface area contributed by atoms with Crippen molar-refractivity contribution in [3.63, 3.8) is 0 Å². The van der Waals surface area contributed by atoms with Crippen LogP contribution >= 0.6 is 0 Å². The minimum atomic E-state index is -4.61. The first-order chi connectivity index (χ1) is 15.0. The standard InChI is InChI=1S/C21H18F5N5O/c1-12-19-16(21(24,25)26)4-3-5-18(19)31(29-12)13(2)20(32,9-30-11-27-10-28-30)15-7-6-14(22)8-17(15)23/h3-8,10-11,13,32H,9H2,1-2H3/t13-,20-/m1/s1. The van der Waals surface area contributed by atoms with Crippen LogP contribution in [0.4, 0.5) is 22.0 Å². The number of aliphatic hydroxyl groups is 1. The van der Waals surface area contributed by atoms with Crippen molar-refractivity contribution in [3.8, 4) is 0 Å². The third kappa shape index (κ3) is 3.62. The van der Waals surface area contributed by atoms with Crippen LogP contribution in [0.3, 0.4) is 0 Å². The van der Waals surface area contributed by atoms with Crippen molar-refractivity contribution in [2.24, 2.45) is 0 Å². The van der Waals surface area contributed by atoms with Gasteiger partial charge in [-0.25, -0.2) is 18.4 Å². The molecule has 0 amide bonds. The zero-order valence-electron chi connectivity index (χ0n) is 17.0. The summed E-state index contributed by atoms with van der Waals surface area (Å²) in [5.41, 5.74) is -2.97. The van der Waals surface area contributed by atoms with Gasteiger partial charge in [-0.15, -0.1) is 0 Å². The predicted octanol–water partition coefficient (Wildman–Crippen LogP) is 4.38. The van der Waals surface area contributed by atoms with Crippen molar-refractivity contribution in [2.75, 3.05) is 0 Å². The van der Waals surface area contributed by atoms with Crippen molar-refractivity contribution in [2.45, 2.75) is 38.2 Å². The van der Waals surface area contributed by atoms with Gasteiger partial charge in [0, 0.05) is 17.0 Å². The Kier molecular flexibility index (Phi) is 5.24. The van der Waals surface area contributed by atoms with Gasteiger partial charge in [-0.05, 0) is 32.0 Å². The summed E-state index contributed by atoms with van der Waals surface area (Å²) in [6.07, 6.45) is -2.09. The fraction of sp³-hybridized carbons (Fsp3) is 0.286. The highest BCUT2D eigenvalue weighted by molar-refractivity contribution is 5.86. The van der Waals surface area contributed by atoms with Crippen LogP contribution in [0.5, 0.6) is 0 Å². The number of hydrogen-bond donors (Lipinski definition) is 1. The molecular weight excluding hydrogens is 433 g/mol. The van der Waals surface area contributed by atoms with E-state index >= 15 is 0 Å². The van der Waals surface area contributed by atoms with Gasteiger partial charge in [0.05, 0.1) is 29.4 Å². The maximum Gasteiger partial charge on any atom is 0.417 e. The van der Waals surface area contributed by atoms with Gasteiger partial charge in [-0.2, -0.15) is 23.4 Å². The number of nitrogens with zero attached hydrogens (tertiary/aromatic N) is 5. The molecule has 0 unspecified atom stereocenters. The Balaban J connectivity index is 1.92. The van der Waals surface area contributed by atoms with Gasteiger partial charge in [0.25, 0.3) is 0 Å². The average molecular weight is 451 g/mol. The molecule has 0 aliphatic carbocycles. The number of halogens is 5. The van der Waals surface area contributed by atoms with Crippen LogP contribution in [0.25, 0.3) is 10.9 Å². The Labute approximate surface area is 178 Å². The third-order valence-corrected chi connectivity index (χ3v) is 5.54. The monoisotopic (exact) mass is 451 g/mol. The maximum absolute atomic E-state index is 14.8. The molecule has 4 aromatic rings. The van der Waals surface area contributed by atoms with Gasteiger partial charge in [0.1, 0.15) is 29.9 Å². The Morgan fingerprint density at radius 2 is 1.84 bits per heavy atom. The van der Waals surface area contributed by atoms with Crippen molar-refractivity contribution >= 4 is 10.9 Å². The molecule has 11 heteroatoms. The highest BCUT2D eigenvalue weighted by atomic mass is 19.4. The lowest BCUT2D eigenvalue weighted by atomic mass is 9.86. The second-order valence-corrected chi connectivity index (χ2v) is 7.54. The van der Waals surface area contributed by atoms with Crippen molar-refractivity contribution in [3.05, 3.63) is 77.5 Å². The smallest absolute Gasteiger partial charge is 0.381 e. The molecule has 2 aromatic carbocycles. The SMILES string of the molecule is Cc1nn([C@H](C)[C@](O)(Cn2cncn2)c2ccc(F)cc2F)c2cccc(C(F)(F)F)c12. The predicted molar refractivity (Wildman–Crippen MR) is 104 cm³/mol. The van der Waals surface area contributed by atoms with E-state index in [1.807, 2.05) is 0 Å². The van der Waals surface area contributed by atoms with Crippen LogP contribution in [0.15, 0.2) is 49.1 Å². The van der Waals surface area contributed by atoms with Crippen molar-refractivity contribution < 1.29 is 27.1 Å². The average Bonchev–Trinajstić information content (AvgIpc) is 3.34. The highest BCUT2D eigenvalue weighted by Crippen LogP contribution is 2.41. The third-order valence-electron chi connectivity index (χ3n) is 5.54. The van der Waals surface area contributed by atoms with Crippen LogP contribution in [0, 0.1) is 18.6 Å². The summed E-state index contributed by atoms with van der Waals surface area (Å²) in [6, 6.07) is 5.27. The van der Waals surface area contributed by atoms with E-state index in [-0.39, 0.29) is 28.7 Å². The topological polar surface area (TPSA) is 68.8 Å². The number of rotatable bonds is 5. The molecule has 0 fully saturated rings. The van der Waals surface area contributed by atoms with E-state index in [0.29, 0.717) is 6.07 Å². The van der Waals surface area contributed by atoms with Crippen LogP contribution in [-0.4, -0.2) is 29.7 Å². The first kappa shape index (κ1) is 21.9. The van der Waals surface area contributed by atoms with E-state index in [1.165, 1.54) is 48.0 Å². The lowest BCUT2D eigenvalue weighted by Gasteiger charge is -2.35. The Bertz CT molecular complexity index is 1270. The Hall–Kier alpha value is -3.34. The van der Waals surface area contributed by atoms with Crippen molar-refractivity contribution in [1.29, 1.82) is 0 Å². The second-order valence-electron chi connectivity index (χ2n) is 7.54. The summed E-state index contributed by atoms with van der Waals surface area (Å²) in [5.74, 6) is -1.85. The van der Waals surface area contributed by atoms with Gasteiger partial charge in [-0.3, -0.25) is 4.68 Å². The van der Waals surface area contributed by atoms with E-state index < -0.39 is 35.0 Å². The fourth-order valence-electron chi connectivity index (χ4n) is 3.95. The second kappa shape index (κ2) is 7.66. The molecule has 168 valence electrons. The fourth-order valence-corrected chi connectivity index (χ4v) is 3.95. The zero-order valence-corrected chi connectivity index (χ0v) is 17.0. The lowest BCUT2D eigenvalue weighted by Crippen LogP contribution is -2.41. The number of aryl methyl sites for hydroxylation is 1. The lowest BCUT2D eigenvalue weighted by molar-refractivity contribution is -0.136. The summed E-state index contributed by atoms with van der Waals surface area (Å²) in [4.78, 5) is 3.80. The molecular formula is C21H18F5N5O. The summed E-state index contributed by atoms with van der Waals surface area (Å²) in [6.45, 7) is 2.61. The number of alkyl halides is 3. The molecule has 1 N–H and O–H groups in total. The Morgan fingerprint density at radius 1 is 1.09 bits per heavy atom. The van der Waals surface area contributed by atoms with E-state index in [1.54, 1.807) is 0 Å². The molecule has 0 spiro atoms. The van der Waals surface area contributed by atoms with Crippen molar-refractivity contribution in [1.82, 2.24) is 24.5 Å². The molecule has 0 saturated carbocycles. The molecule has 2 heterocycles. The number of aromatic nitrogens is 5. The molecule has 6 nitrogen and oxygen atoms in total. The molecule has 4 rings (SSSR count). The number of benzene rings is 2. The molecule has 0 saturated heterocycles. The molecule has 2 aromatic heterocycles. The van der Waals surface area contributed by atoms with E-state index in [9.17, 15) is 27.1 Å². The Morgan fingerprint density at radius 3 is 2.47 bits per heavy atom. The van der Waals surface area contributed by atoms with E-state index in [2.05, 4.69) is 15.2 Å². The molecule has 0 aliphatic heterocycles. The normalized spacial score (nSPS) is 15.1. The molecule has 32 heavy (non-hydrogen) atoms. The highest BCUT2D eigenvalue weighted by Gasteiger charge is 2.42. The van der Waals surface area contributed by atoms with Crippen LogP contribution < -0.4 is 0 Å². The quantitative estimate of drug-likeness (QED) is 0.458. The van der Waals surface area contributed by atoms with Gasteiger partial charge in [-0.1, -0.05) is 12.1 Å². The zero-order chi connectivity index (χ0) is 23.3. The molecule has 2 atom stereocenters.